The number of urea groups is 1. The van der Waals surface area contributed by atoms with E-state index in [1.165, 1.54) is 11.3 Å². The highest BCUT2D eigenvalue weighted by atomic mass is 32.1. The maximum absolute atomic E-state index is 11.7. The predicted molar refractivity (Wildman–Crippen MR) is 74.2 cm³/mol. The van der Waals surface area contributed by atoms with Gasteiger partial charge in [-0.3, -0.25) is 5.32 Å². The SMILES string of the molecule is COC(C)CNC(=O)Nc1sc(C)c(C)c1C(=O)O. The first kappa shape index (κ1) is 15.5. The summed E-state index contributed by atoms with van der Waals surface area (Å²) in [5.74, 6) is -1.04. The minimum atomic E-state index is -1.04. The summed E-state index contributed by atoms with van der Waals surface area (Å²) in [6.07, 6.45) is -0.100. The van der Waals surface area contributed by atoms with E-state index in [9.17, 15) is 9.59 Å². The number of carboxylic acid groups (broad SMARTS) is 1. The van der Waals surface area contributed by atoms with E-state index < -0.39 is 12.0 Å². The number of carbonyl (C=O) groups is 2. The van der Waals surface area contributed by atoms with Crippen LogP contribution in [0.1, 0.15) is 27.7 Å². The minimum Gasteiger partial charge on any atom is -0.478 e. The third kappa shape index (κ3) is 3.93. The predicted octanol–water partition coefficient (Wildman–Crippen LogP) is 2.22. The molecule has 0 aliphatic heterocycles. The van der Waals surface area contributed by atoms with Crippen LogP contribution in [0.5, 0.6) is 0 Å². The molecule has 1 atom stereocenters. The molecule has 0 saturated carbocycles. The number of hydrogen-bond acceptors (Lipinski definition) is 4. The fourth-order valence-electron chi connectivity index (χ4n) is 1.44. The molecule has 1 heterocycles. The molecule has 19 heavy (non-hydrogen) atoms. The van der Waals surface area contributed by atoms with Crippen molar-refractivity contribution in [2.45, 2.75) is 26.9 Å². The fourth-order valence-corrected chi connectivity index (χ4v) is 2.49. The molecule has 1 aromatic rings. The van der Waals surface area contributed by atoms with Crippen LogP contribution in [0.15, 0.2) is 0 Å². The van der Waals surface area contributed by atoms with Crippen molar-refractivity contribution >= 4 is 28.3 Å². The van der Waals surface area contributed by atoms with Crippen LogP contribution in [-0.2, 0) is 4.74 Å². The quantitative estimate of drug-likeness (QED) is 0.774. The van der Waals surface area contributed by atoms with Crippen LogP contribution in [-0.4, -0.2) is 36.9 Å². The second kappa shape index (κ2) is 6.53. The first-order valence-electron chi connectivity index (χ1n) is 5.77. The summed E-state index contributed by atoms with van der Waals surface area (Å²) in [6.45, 7) is 5.73. The zero-order valence-corrected chi connectivity index (χ0v) is 12.2. The van der Waals surface area contributed by atoms with E-state index in [4.69, 9.17) is 9.84 Å². The molecular weight excluding hydrogens is 268 g/mol. The van der Waals surface area contributed by atoms with Gasteiger partial charge >= 0.3 is 12.0 Å². The highest BCUT2D eigenvalue weighted by Crippen LogP contribution is 2.32. The zero-order valence-electron chi connectivity index (χ0n) is 11.4. The molecule has 3 N–H and O–H groups in total. The molecule has 7 heteroatoms. The van der Waals surface area contributed by atoms with Gasteiger partial charge in [0, 0.05) is 18.5 Å². The number of thiophene rings is 1. The number of anilines is 1. The summed E-state index contributed by atoms with van der Waals surface area (Å²) < 4.78 is 5.00. The van der Waals surface area contributed by atoms with Crippen molar-refractivity contribution in [2.24, 2.45) is 0 Å². The topological polar surface area (TPSA) is 87.7 Å². The van der Waals surface area contributed by atoms with Gasteiger partial charge in [-0.15, -0.1) is 11.3 Å². The lowest BCUT2D eigenvalue weighted by Gasteiger charge is -2.11. The number of ether oxygens (including phenoxy) is 1. The average Bonchev–Trinajstić information content (AvgIpc) is 2.61. The van der Waals surface area contributed by atoms with Gasteiger partial charge < -0.3 is 15.2 Å². The Kier molecular flexibility index (Phi) is 5.31. The largest absolute Gasteiger partial charge is 0.478 e. The summed E-state index contributed by atoms with van der Waals surface area (Å²) in [5.41, 5.74) is 0.829. The summed E-state index contributed by atoms with van der Waals surface area (Å²) in [6, 6.07) is -0.437. The minimum absolute atomic E-state index is 0.100. The Labute approximate surface area is 115 Å². The lowest BCUT2D eigenvalue weighted by atomic mass is 10.1. The van der Waals surface area contributed by atoms with E-state index in [0.29, 0.717) is 17.1 Å². The van der Waals surface area contributed by atoms with Gasteiger partial charge in [0.15, 0.2) is 0 Å². The van der Waals surface area contributed by atoms with Crippen LogP contribution in [0.2, 0.25) is 0 Å². The second-order valence-electron chi connectivity index (χ2n) is 4.17. The molecule has 1 rings (SSSR count). The molecular formula is C12H18N2O4S. The first-order chi connectivity index (χ1) is 8.86. The van der Waals surface area contributed by atoms with Crippen LogP contribution in [0.3, 0.4) is 0 Å². The molecule has 1 aromatic heterocycles. The monoisotopic (exact) mass is 286 g/mol. The van der Waals surface area contributed by atoms with Crippen molar-refractivity contribution in [3.05, 3.63) is 16.0 Å². The third-order valence-electron chi connectivity index (χ3n) is 2.78. The number of aromatic carboxylic acids is 1. The molecule has 6 nitrogen and oxygen atoms in total. The lowest BCUT2D eigenvalue weighted by molar-refractivity contribution is 0.0697. The van der Waals surface area contributed by atoms with Gasteiger partial charge in [-0.1, -0.05) is 0 Å². The number of aryl methyl sites for hydroxylation is 1. The van der Waals surface area contributed by atoms with Gasteiger partial charge in [-0.25, -0.2) is 9.59 Å². The van der Waals surface area contributed by atoms with Gasteiger partial charge in [0.05, 0.1) is 11.7 Å². The molecule has 0 aliphatic rings. The van der Waals surface area contributed by atoms with E-state index in [1.807, 2.05) is 13.8 Å². The van der Waals surface area contributed by atoms with Crippen molar-refractivity contribution in [1.29, 1.82) is 0 Å². The Hall–Kier alpha value is -1.60. The molecule has 0 spiro atoms. The summed E-state index contributed by atoms with van der Waals surface area (Å²) >= 11 is 1.25. The molecule has 0 saturated heterocycles. The Morgan fingerprint density at radius 2 is 2.05 bits per heavy atom. The number of amides is 2. The maximum Gasteiger partial charge on any atom is 0.338 e. The van der Waals surface area contributed by atoms with Gasteiger partial charge in [0.25, 0.3) is 0 Å². The number of carboxylic acids is 1. The van der Waals surface area contributed by atoms with E-state index in [2.05, 4.69) is 10.6 Å². The lowest BCUT2D eigenvalue weighted by Crippen LogP contribution is -2.34. The highest BCUT2D eigenvalue weighted by molar-refractivity contribution is 7.16. The summed E-state index contributed by atoms with van der Waals surface area (Å²) in [7, 11) is 1.55. The maximum atomic E-state index is 11.7. The first-order valence-corrected chi connectivity index (χ1v) is 6.59. The summed E-state index contributed by atoms with van der Waals surface area (Å²) in [4.78, 5) is 23.7. The highest BCUT2D eigenvalue weighted by Gasteiger charge is 2.20. The zero-order chi connectivity index (χ0) is 14.6. The second-order valence-corrected chi connectivity index (χ2v) is 5.40. The van der Waals surface area contributed by atoms with Gasteiger partial charge in [-0.05, 0) is 26.3 Å². The normalized spacial score (nSPS) is 12.0. The van der Waals surface area contributed by atoms with Crippen LogP contribution >= 0.6 is 11.3 Å². The van der Waals surface area contributed by atoms with E-state index in [1.54, 1.807) is 14.0 Å². The number of methoxy groups -OCH3 is 1. The van der Waals surface area contributed by atoms with Crippen molar-refractivity contribution in [1.82, 2.24) is 5.32 Å². The van der Waals surface area contributed by atoms with Crippen molar-refractivity contribution in [3.63, 3.8) is 0 Å². The molecule has 0 radical (unpaired) electrons. The van der Waals surface area contributed by atoms with Crippen molar-refractivity contribution < 1.29 is 19.4 Å². The Morgan fingerprint density at radius 1 is 1.42 bits per heavy atom. The molecule has 0 aromatic carbocycles. The molecule has 0 fully saturated rings. The van der Waals surface area contributed by atoms with Gasteiger partial charge in [0.1, 0.15) is 5.00 Å². The van der Waals surface area contributed by atoms with E-state index in [0.717, 1.165) is 4.88 Å². The molecule has 1 unspecified atom stereocenters. The Morgan fingerprint density at radius 3 is 2.58 bits per heavy atom. The van der Waals surface area contributed by atoms with E-state index >= 15 is 0 Å². The van der Waals surface area contributed by atoms with Crippen LogP contribution < -0.4 is 10.6 Å². The van der Waals surface area contributed by atoms with Gasteiger partial charge in [-0.2, -0.15) is 0 Å². The fraction of sp³-hybridized carbons (Fsp3) is 0.500. The standard InChI is InChI=1S/C12H18N2O4S/c1-6(18-4)5-13-12(17)14-10-9(11(15)16)7(2)8(3)19-10/h6H,5H2,1-4H3,(H,15,16)(H2,13,14,17). The number of hydrogen-bond donors (Lipinski definition) is 3. The number of rotatable bonds is 5. The molecule has 0 bridgehead atoms. The Bertz CT molecular complexity index is 484. The van der Waals surface area contributed by atoms with Crippen molar-refractivity contribution in [3.8, 4) is 0 Å². The van der Waals surface area contributed by atoms with Crippen LogP contribution in [0.4, 0.5) is 9.80 Å². The molecule has 2 amide bonds. The number of nitrogens with one attached hydrogen (secondary N) is 2. The Balaban J connectivity index is 2.74. The smallest absolute Gasteiger partial charge is 0.338 e. The summed E-state index contributed by atoms with van der Waals surface area (Å²) in [5, 5.41) is 14.7. The average molecular weight is 286 g/mol. The van der Waals surface area contributed by atoms with E-state index in [-0.39, 0.29) is 11.7 Å². The molecule has 106 valence electrons. The van der Waals surface area contributed by atoms with Crippen LogP contribution in [0, 0.1) is 13.8 Å². The van der Waals surface area contributed by atoms with Gasteiger partial charge in [0.2, 0.25) is 0 Å². The number of carbonyl (C=O) groups excluding carboxylic acids is 1. The van der Waals surface area contributed by atoms with Crippen molar-refractivity contribution in [2.75, 3.05) is 19.0 Å². The van der Waals surface area contributed by atoms with Crippen LogP contribution in [0.25, 0.3) is 0 Å². The molecule has 0 aliphatic carbocycles. The third-order valence-corrected chi connectivity index (χ3v) is 3.90.